The predicted molar refractivity (Wildman–Crippen MR) is 104 cm³/mol. The van der Waals surface area contributed by atoms with Crippen molar-refractivity contribution in [3.05, 3.63) is 64.7 Å². The van der Waals surface area contributed by atoms with Crippen molar-refractivity contribution in [1.29, 1.82) is 0 Å². The number of amides is 1. The molecule has 0 unspecified atom stereocenters. The van der Waals surface area contributed by atoms with Gasteiger partial charge in [0, 0.05) is 41.7 Å². The van der Waals surface area contributed by atoms with Gasteiger partial charge in [-0.3, -0.25) is 9.78 Å². The molecule has 0 fully saturated rings. The van der Waals surface area contributed by atoms with Crippen LogP contribution in [0.4, 0.5) is 17.6 Å². The van der Waals surface area contributed by atoms with Crippen LogP contribution in [0.25, 0.3) is 22.5 Å². The zero-order valence-corrected chi connectivity index (χ0v) is 16.3. The second kappa shape index (κ2) is 8.76. The molecule has 31 heavy (non-hydrogen) atoms. The summed E-state index contributed by atoms with van der Waals surface area (Å²) >= 11 is 5.73. The Morgan fingerprint density at radius 2 is 1.84 bits per heavy atom. The molecule has 1 amide bonds. The molecule has 0 saturated carbocycles. The summed E-state index contributed by atoms with van der Waals surface area (Å²) in [6, 6.07) is 10.2. The second-order valence-corrected chi connectivity index (χ2v) is 6.85. The Morgan fingerprint density at radius 3 is 2.45 bits per heavy atom. The van der Waals surface area contributed by atoms with Crippen molar-refractivity contribution >= 4 is 23.5 Å². The van der Waals surface area contributed by atoms with Gasteiger partial charge in [0.25, 0.3) is 5.91 Å². The van der Waals surface area contributed by atoms with E-state index >= 15 is 0 Å². The number of aromatic amines is 1. The molecular weight excluding hydrogens is 442 g/mol. The van der Waals surface area contributed by atoms with E-state index in [4.69, 9.17) is 21.5 Å². The van der Waals surface area contributed by atoms with E-state index in [0.717, 1.165) is 23.4 Å². The molecule has 1 aromatic carbocycles. The van der Waals surface area contributed by atoms with Crippen LogP contribution in [0.1, 0.15) is 16.1 Å². The first kappa shape index (κ1) is 22.3. The van der Waals surface area contributed by atoms with Crippen LogP contribution in [0.2, 0.25) is 5.02 Å². The Hall–Kier alpha value is -3.40. The lowest BCUT2D eigenvalue weighted by molar-refractivity contribution is -0.192. The van der Waals surface area contributed by atoms with E-state index in [1.165, 1.54) is 12.1 Å². The first-order chi connectivity index (χ1) is 14.6. The highest BCUT2D eigenvalue weighted by Gasteiger charge is 2.38. The van der Waals surface area contributed by atoms with Crippen LogP contribution in [-0.2, 0) is 11.2 Å². The number of rotatable bonds is 2. The number of carbonyl (C=O) groups is 2. The predicted octanol–water partition coefficient (Wildman–Crippen LogP) is 4.46. The van der Waals surface area contributed by atoms with Crippen molar-refractivity contribution in [2.75, 3.05) is 6.54 Å². The third kappa shape index (κ3) is 5.21. The lowest BCUT2D eigenvalue weighted by Crippen LogP contribution is -2.31. The fourth-order valence-corrected chi connectivity index (χ4v) is 2.98. The van der Waals surface area contributed by atoms with Crippen LogP contribution in [0, 0.1) is 5.82 Å². The molecule has 11 heteroatoms. The molecule has 0 atom stereocenters. The fourth-order valence-electron chi connectivity index (χ4n) is 2.86. The molecule has 3 aromatic rings. The average molecular weight is 456 g/mol. The molecule has 0 radical (unpaired) electrons. The number of hydrogen-bond acceptors (Lipinski definition) is 3. The number of benzene rings is 1. The number of aromatic nitrogens is 2. The van der Waals surface area contributed by atoms with Gasteiger partial charge in [-0.25, -0.2) is 9.18 Å². The van der Waals surface area contributed by atoms with E-state index in [1.54, 1.807) is 12.3 Å². The first-order valence-electron chi connectivity index (χ1n) is 8.78. The van der Waals surface area contributed by atoms with Crippen molar-refractivity contribution in [3.8, 4) is 22.5 Å². The van der Waals surface area contributed by atoms with Gasteiger partial charge >= 0.3 is 12.1 Å². The summed E-state index contributed by atoms with van der Waals surface area (Å²) in [7, 11) is 0. The van der Waals surface area contributed by atoms with E-state index in [9.17, 15) is 22.4 Å². The Balaban J connectivity index is 0.000000339. The SMILES string of the molecule is O=C(O)C(F)(F)F.O=C1NCCc2[nH]c(-c3ccnc(-c4ccc(Cl)c(F)c4)c3)cc21. The molecule has 0 aliphatic carbocycles. The van der Waals surface area contributed by atoms with Gasteiger partial charge < -0.3 is 15.4 Å². The summed E-state index contributed by atoms with van der Waals surface area (Å²) in [6.45, 7) is 0.636. The maximum absolute atomic E-state index is 13.7. The highest BCUT2D eigenvalue weighted by Crippen LogP contribution is 2.28. The Kier molecular flexibility index (Phi) is 6.30. The normalized spacial score (nSPS) is 13.0. The number of carboxylic acid groups (broad SMARTS) is 1. The van der Waals surface area contributed by atoms with Crippen molar-refractivity contribution in [2.24, 2.45) is 0 Å². The topological polar surface area (TPSA) is 95.1 Å². The number of nitrogens with zero attached hydrogens (tertiary/aromatic N) is 1. The third-order valence-electron chi connectivity index (χ3n) is 4.33. The maximum Gasteiger partial charge on any atom is 0.490 e. The van der Waals surface area contributed by atoms with Crippen molar-refractivity contribution in [3.63, 3.8) is 0 Å². The number of aliphatic carboxylic acids is 1. The zero-order chi connectivity index (χ0) is 22.8. The molecule has 3 N–H and O–H groups in total. The molecule has 1 aliphatic rings. The summed E-state index contributed by atoms with van der Waals surface area (Å²) in [5.74, 6) is -3.30. The summed E-state index contributed by atoms with van der Waals surface area (Å²) < 4.78 is 45.4. The first-order valence-corrected chi connectivity index (χ1v) is 9.16. The van der Waals surface area contributed by atoms with Crippen molar-refractivity contribution in [1.82, 2.24) is 15.3 Å². The summed E-state index contributed by atoms with van der Waals surface area (Å²) in [6.07, 6.45) is -2.64. The largest absolute Gasteiger partial charge is 0.490 e. The Morgan fingerprint density at radius 1 is 1.13 bits per heavy atom. The average Bonchev–Trinajstić information content (AvgIpc) is 3.16. The van der Waals surface area contributed by atoms with E-state index in [1.807, 2.05) is 18.2 Å². The lowest BCUT2D eigenvalue weighted by atomic mass is 10.1. The number of alkyl halides is 3. The summed E-state index contributed by atoms with van der Waals surface area (Å²) in [5.41, 5.74) is 4.62. The van der Waals surface area contributed by atoms with E-state index in [-0.39, 0.29) is 10.9 Å². The van der Waals surface area contributed by atoms with Crippen LogP contribution in [-0.4, -0.2) is 39.7 Å². The number of halogens is 5. The van der Waals surface area contributed by atoms with Crippen molar-refractivity contribution < 1.29 is 32.3 Å². The van der Waals surface area contributed by atoms with Crippen LogP contribution in [0.15, 0.2) is 42.6 Å². The van der Waals surface area contributed by atoms with Crippen LogP contribution >= 0.6 is 11.6 Å². The number of carboxylic acids is 1. The molecule has 0 saturated heterocycles. The van der Waals surface area contributed by atoms with Crippen LogP contribution < -0.4 is 5.32 Å². The van der Waals surface area contributed by atoms with Gasteiger partial charge in [-0.05, 0) is 30.3 Å². The molecule has 4 rings (SSSR count). The number of carbonyl (C=O) groups excluding carboxylic acids is 1. The number of nitrogens with one attached hydrogen (secondary N) is 2. The minimum Gasteiger partial charge on any atom is -0.475 e. The molecule has 3 heterocycles. The summed E-state index contributed by atoms with van der Waals surface area (Å²) in [5, 5.41) is 10.0. The van der Waals surface area contributed by atoms with Crippen LogP contribution in [0.5, 0.6) is 0 Å². The quantitative estimate of drug-likeness (QED) is 0.497. The van der Waals surface area contributed by atoms with E-state index < -0.39 is 18.0 Å². The van der Waals surface area contributed by atoms with E-state index in [2.05, 4.69) is 15.3 Å². The molecule has 0 spiro atoms. The monoisotopic (exact) mass is 455 g/mol. The molecule has 6 nitrogen and oxygen atoms in total. The van der Waals surface area contributed by atoms with Crippen LogP contribution in [0.3, 0.4) is 0 Å². The van der Waals surface area contributed by atoms with Gasteiger partial charge in [0.1, 0.15) is 5.82 Å². The number of hydrogen-bond donors (Lipinski definition) is 3. The molecular formula is C20H14ClF4N3O3. The third-order valence-corrected chi connectivity index (χ3v) is 4.64. The number of fused-ring (bicyclic) bond motifs is 1. The minimum absolute atomic E-state index is 0.0622. The van der Waals surface area contributed by atoms with Gasteiger partial charge in [0.15, 0.2) is 0 Å². The smallest absolute Gasteiger partial charge is 0.475 e. The molecule has 0 bridgehead atoms. The standard InChI is InChI=1S/C18H13ClFN3O.C2HF3O2/c19-13-2-1-10(7-14(13)20)16-8-11(3-5-21-16)17-9-12-15(23-17)4-6-22-18(12)24;3-2(4,5)1(6)7/h1-3,5,7-9,23H,4,6H2,(H,22,24);(H,6,7). The number of pyridine rings is 1. The van der Waals surface area contributed by atoms with Crippen molar-refractivity contribution in [2.45, 2.75) is 12.6 Å². The van der Waals surface area contributed by atoms with Gasteiger partial charge in [-0.2, -0.15) is 13.2 Å². The second-order valence-electron chi connectivity index (χ2n) is 6.44. The van der Waals surface area contributed by atoms with Gasteiger partial charge in [-0.15, -0.1) is 0 Å². The number of H-pyrrole nitrogens is 1. The highest BCUT2D eigenvalue weighted by molar-refractivity contribution is 6.30. The molecule has 162 valence electrons. The summed E-state index contributed by atoms with van der Waals surface area (Å²) in [4.78, 5) is 28.4. The molecule has 2 aromatic heterocycles. The fraction of sp³-hybridized carbons (Fsp3) is 0.150. The van der Waals surface area contributed by atoms with Gasteiger partial charge in [0.05, 0.1) is 16.3 Å². The Bertz CT molecular complexity index is 1140. The minimum atomic E-state index is -5.08. The highest BCUT2D eigenvalue weighted by atomic mass is 35.5. The zero-order valence-electron chi connectivity index (χ0n) is 15.6. The van der Waals surface area contributed by atoms with Gasteiger partial charge in [-0.1, -0.05) is 17.7 Å². The van der Waals surface area contributed by atoms with Gasteiger partial charge in [0.2, 0.25) is 0 Å². The maximum atomic E-state index is 13.7. The Labute approximate surface area is 177 Å². The lowest BCUT2D eigenvalue weighted by Gasteiger charge is -2.10. The van der Waals surface area contributed by atoms with E-state index in [0.29, 0.717) is 23.4 Å². The molecule has 1 aliphatic heterocycles.